The normalized spacial score (nSPS) is 17.7. The van der Waals surface area contributed by atoms with Gasteiger partial charge in [-0.25, -0.2) is 9.79 Å². The van der Waals surface area contributed by atoms with Gasteiger partial charge in [0, 0.05) is 15.5 Å². The Hall–Kier alpha value is -3.79. The second kappa shape index (κ2) is 10.1. The minimum Gasteiger partial charge on any atom is -0.463 e. The third-order valence-corrected chi connectivity index (χ3v) is 9.09. The van der Waals surface area contributed by atoms with E-state index < -0.39 is 12.0 Å². The van der Waals surface area contributed by atoms with Gasteiger partial charge in [0.2, 0.25) is 0 Å². The number of para-hydroxylation sites is 1. The van der Waals surface area contributed by atoms with Crippen molar-refractivity contribution in [1.82, 2.24) is 4.57 Å². The molecular formula is C29H22ClN3O4S2. The lowest BCUT2D eigenvalue weighted by atomic mass is 10.0. The number of aromatic nitrogens is 1. The molecule has 0 fully saturated rings. The molecule has 4 heterocycles. The number of thiazole rings is 1. The molecule has 2 aromatic carbocycles. The van der Waals surface area contributed by atoms with E-state index in [2.05, 4.69) is 4.99 Å². The molecule has 0 N–H and O–H groups in total. The molecule has 0 saturated carbocycles. The molecule has 0 bridgehead atoms. The average Bonchev–Trinajstić information content (AvgIpc) is 3.63. The van der Waals surface area contributed by atoms with E-state index in [1.807, 2.05) is 60.0 Å². The Bertz CT molecular complexity index is 1850. The molecule has 1 atom stereocenters. The van der Waals surface area contributed by atoms with Gasteiger partial charge in [-0.2, -0.15) is 0 Å². The number of thiophene rings is 1. The third kappa shape index (κ3) is 4.17. The summed E-state index contributed by atoms with van der Waals surface area (Å²) < 4.78 is 7.15. The van der Waals surface area contributed by atoms with Crippen molar-refractivity contribution < 1.29 is 14.3 Å². The second-order valence-electron chi connectivity index (χ2n) is 9.01. The molecule has 1 amide bonds. The quantitative estimate of drug-likeness (QED) is 0.330. The number of carbonyl (C=O) groups is 2. The molecule has 0 spiro atoms. The van der Waals surface area contributed by atoms with Crippen LogP contribution < -0.4 is 19.8 Å². The molecule has 0 saturated heterocycles. The zero-order chi connectivity index (χ0) is 27.3. The van der Waals surface area contributed by atoms with E-state index in [0.717, 1.165) is 21.8 Å². The van der Waals surface area contributed by atoms with Crippen LogP contribution in [0, 0.1) is 0 Å². The predicted molar refractivity (Wildman–Crippen MR) is 153 cm³/mol. The Morgan fingerprint density at radius 1 is 1.08 bits per heavy atom. The fourth-order valence-corrected chi connectivity index (χ4v) is 7.17. The van der Waals surface area contributed by atoms with Crippen LogP contribution in [0.5, 0.6) is 0 Å². The molecule has 6 rings (SSSR count). The Morgan fingerprint density at radius 3 is 2.59 bits per heavy atom. The van der Waals surface area contributed by atoms with Crippen molar-refractivity contribution in [3.8, 4) is 0 Å². The fourth-order valence-electron chi connectivity index (χ4n) is 5.01. The summed E-state index contributed by atoms with van der Waals surface area (Å²) in [6.07, 6.45) is 0. The van der Waals surface area contributed by atoms with Crippen molar-refractivity contribution in [3.63, 3.8) is 0 Å². The average molecular weight is 576 g/mol. The standard InChI is InChI=1S/C29H22ClN3O4S2/c1-3-37-28(36)22-16(2)31-29-33(24(22)21-13-8-14-38-21)27(35)25(39-29)23-18-10-5-7-12-20(18)32(26(23)34)15-17-9-4-6-11-19(17)30/h4-14,24H,3,15H2,1-2H3/b25-23+/t24-/m1/s1. The van der Waals surface area contributed by atoms with Crippen LogP contribution in [0.1, 0.15) is 35.9 Å². The minimum absolute atomic E-state index is 0.202. The Balaban J connectivity index is 1.57. The number of hydrogen-bond acceptors (Lipinski definition) is 7. The highest BCUT2D eigenvalue weighted by Gasteiger charge is 2.37. The molecular weight excluding hydrogens is 554 g/mol. The number of halogens is 1. The number of ether oxygens (including phenoxy) is 1. The molecule has 2 aliphatic rings. The van der Waals surface area contributed by atoms with Crippen molar-refractivity contribution in [2.75, 3.05) is 11.5 Å². The van der Waals surface area contributed by atoms with Crippen LogP contribution >= 0.6 is 34.3 Å². The molecule has 0 unspecified atom stereocenters. The van der Waals surface area contributed by atoms with Crippen molar-refractivity contribution >= 4 is 57.4 Å². The maximum atomic E-state index is 14.1. The van der Waals surface area contributed by atoms with E-state index in [1.165, 1.54) is 15.9 Å². The number of fused-ring (bicyclic) bond motifs is 2. The van der Waals surface area contributed by atoms with Crippen LogP contribution in [0.4, 0.5) is 5.69 Å². The Kier molecular flexibility index (Phi) is 6.58. The van der Waals surface area contributed by atoms with Crippen LogP contribution in [0.25, 0.3) is 5.57 Å². The minimum atomic E-state index is -0.694. The topological polar surface area (TPSA) is 81.0 Å². The van der Waals surface area contributed by atoms with Gasteiger partial charge in [-0.15, -0.1) is 11.3 Å². The number of amides is 1. The highest BCUT2D eigenvalue weighted by Crippen LogP contribution is 2.37. The summed E-state index contributed by atoms with van der Waals surface area (Å²) in [4.78, 5) is 48.7. The number of anilines is 1. The smallest absolute Gasteiger partial charge is 0.338 e. The summed E-state index contributed by atoms with van der Waals surface area (Å²) in [5.74, 6) is -0.793. The van der Waals surface area contributed by atoms with Gasteiger partial charge in [-0.05, 0) is 43.0 Å². The molecule has 10 heteroatoms. The fraction of sp³-hybridized carbons (Fsp3) is 0.172. The van der Waals surface area contributed by atoms with Crippen LogP contribution in [0.2, 0.25) is 5.02 Å². The highest BCUT2D eigenvalue weighted by atomic mass is 35.5. The monoisotopic (exact) mass is 575 g/mol. The SMILES string of the molecule is CCOC(=O)C1=C(C)N=c2s/c(=C3/C(=O)N(Cc4ccccc4Cl)c4ccccc43)c(=O)n2[C@@H]1c1cccs1. The third-order valence-electron chi connectivity index (χ3n) is 6.74. The van der Waals surface area contributed by atoms with Crippen LogP contribution in [-0.4, -0.2) is 23.1 Å². The van der Waals surface area contributed by atoms with E-state index >= 15 is 0 Å². The lowest BCUT2D eigenvalue weighted by Gasteiger charge is -2.23. The van der Waals surface area contributed by atoms with Gasteiger partial charge in [0.25, 0.3) is 11.5 Å². The first-order chi connectivity index (χ1) is 18.9. The zero-order valence-electron chi connectivity index (χ0n) is 21.0. The van der Waals surface area contributed by atoms with Gasteiger partial charge in [0.1, 0.15) is 10.6 Å². The summed E-state index contributed by atoms with van der Waals surface area (Å²) in [6, 6.07) is 17.9. The highest BCUT2D eigenvalue weighted by molar-refractivity contribution is 7.10. The number of esters is 1. The molecule has 0 radical (unpaired) electrons. The van der Waals surface area contributed by atoms with Crippen LogP contribution in [0.3, 0.4) is 0 Å². The molecule has 39 heavy (non-hydrogen) atoms. The van der Waals surface area contributed by atoms with Gasteiger partial charge in [-0.1, -0.05) is 65.4 Å². The van der Waals surface area contributed by atoms with Crippen LogP contribution in [0.15, 0.2) is 87.1 Å². The van der Waals surface area contributed by atoms with Gasteiger partial charge in [0.05, 0.1) is 35.7 Å². The Labute approximate surface area is 236 Å². The van der Waals surface area contributed by atoms with Crippen LogP contribution in [-0.2, 0) is 20.9 Å². The van der Waals surface area contributed by atoms with E-state index in [4.69, 9.17) is 16.3 Å². The zero-order valence-corrected chi connectivity index (χ0v) is 23.4. The van der Waals surface area contributed by atoms with Crippen molar-refractivity contribution in [2.45, 2.75) is 26.4 Å². The number of hydrogen-bond donors (Lipinski definition) is 0. The second-order valence-corrected chi connectivity index (χ2v) is 11.4. The molecule has 7 nitrogen and oxygen atoms in total. The van der Waals surface area contributed by atoms with Crippen molar-refractivity contribution in [1.29, 1.82) is 0 Å². The number of allylic oxidation sites excluding steroid dienone is 1. The summed E-state index contributed by atoms with van der Waals surface area (Å²) in [6.45, 7) is 3.95. The van der Waals surface area contributed by atoms with Gasteiger partial charge in [-0.3, -0.25) is 14.2 Å². The first-order valence-electron chi connectivity index (χ1n) is 12.3. The summed E-state index contributed by atoms with van der Waals surface area (Å²) in [5, 5.41) is 2.46. The van der Waals surface area contributed by atoms with Crippen molar-refractivity contribution in [2.24, 2.45) is 4.99 Å². The van der Waals surface area contributed by atoms with Gasteiger partial charge < -0.3 is 9.64 Å². The van der Waals surface area contributed by atoms with Gasteiger partial charge >= 0.3 is 5.97 Å². The number of rotatable bonds is 5. The van der Waals surface area contributed by atoms with Gasteiger partial charge in [0.15, 0.2) is 4.80 Å². The van der Waals surface area contributed by atoms with E-state index in [1.54, 1.807) is 24.8 Å². The van der Waals surface area contributed by atoms with E-state index in [-0.39, 0.29) is 29.2 Å². The number of carbonyl (C=O) groups excluding carboxylic acids is 2. The summed E-state index contributed by atoms with van der Waals surface area (Å²) in [7, 11) is 0. The summed E-state index contributed by atoms with van der Waals surface area (Å²) in [5.41, 5.74) is 2.95. The number of nitrogens with zero attached hydrogens (tertiary/aromatic N) is 3. The molecule has 196 valence electrons. The first kappa shape index (κ1) is 25.5. The first-order valence-corrected chi connectivity index (χ1v) is 14.4. The Morgan fingerprint density at radius 2 is 1.85 bits per heavy atom. The predicted octanol–water partition coefficient (Wildman–Crippen LogP) is 4.43. The summed E-state index contributed by atoms with van der Waals surface area (Å²) >= 11 is 9.02. The van der Waals surface area contributed by atoms with E-state index in [9.17, 15) is 14.4 Å². The molecule has 0 aliphatic carbocycles. The molecule has 2 aliphatic heterocycles. The largest absolute Gasteiger partial charge is 0.463 e. The molecule has 4 aromatic rings. The van der Waals surface area contributed by atoms with Crippen molar-refractivity contribution in [3.05, 3.63) is 118 Å². The lowest BCUT2D eigenvalue weighted by Crippen LogP contribution is -2.40. The maximum absolute atomic E-state index is 14.1. The molecule has 2 aromatic heterocycles. The number of benzene rings is 2. The maximum Gasteiger partial charge on any atom is 0.338 e. The van der Waals surface area contributed by atoms with E-state index in [0.29, 0.717) is 37.9 Å². The lowest BCUT2D eigenvalue weighted by molar-refractivity contribution is -0.139.